The first-order valence-corrected chi connectivity index (χ1v) is 8.87. The van der Waals surface area contributed by atoms with Crippen molar-refractivity contribution in [3.05, 3.63) is 52.9 Å². The molecular weight excluding hydrogens is 390 g/mol. The Morgan fingerprint density at radius 3 is 2.39 bits per heavy atom. The van der Waals surface area contributed by atoms with Crippen LogP contribution in [0.2, 0.25) is 0 Å². The predicted molar refractivity (Wildman–Crippen MR) is 102 cm³/mol. The SMILES string of the molecule is COc1ccc(C(=O)Nc2nc(-c3ccc(F)c(F)c3)cs2)c(OC)c1OC. The van der Waals surface area contributed by atoms with Gasteiger partial charge in [0.2, 0.25) is 5.75 Å². The molecule has 1 heterocycles. The van der Waals surface area contributed by atoms with E-state index < -0.39 is 17.5 Å². The van der Waals surface area contributed by atoms with Crippen LogP contribution >= 0.6 is 11.3 Å². The van der Waals surface area contributed by atoms with E-state index in [4.69, 9.17) is 14.2 Å². The van der Waals surface area contributed by atoms with Gasteiger partial charge < -0.3 is 14.2 Å². The summed E-state index contributed by atoms with van der Waals surface area (Å²) < 4.78 is 42.3. The highest BCUT2D eigenvalue weighted by atomic mass is 32.1. The summed E-state index contributed by atoms with van der Waals surface area (Å²) in [5.41, 5.74) is 1.04. The first-order valence-electron chi connectivity index (χ1n) is 7.99. The number of anilines is 1. The average Bonchev–Trinajstić information content (AvgIpc) is 3.16. The molecule has 0 spiro atoms. The summed E-state index contributed by atoms with van der Waals surface area (Å²) in [6.07, 6.45) is 0. The molecule has 0 aliphatic carbocycles. The molecule has 0 bridgehead atoms. The number of nitrogens with zero attached hydrogens (tertiary/aromatic N) is 1. The van der Waals surface area contributed by atoms with E-state index in [9.17, 15) is 13.6 Å². The second kappa shape index (κ2) is 8.22. The van der Waals surface area contributed by atoms with Crippen LogP contribution in [-0.2, 0) is 0 Å². The molecule has 1 aromatic heterocycles. The zero-order chi connectivity index (χ0) is 20.3. The Morgan fingerprint density at radius 2 is 1.75 bits per heavy atom. The van der Waals surface area contributed by atoms with Gasteiger partial charge in [-0.05, 0) is 30.3 Å². The van der Waals surface area contributed by atoms with Gasteiger partial charge in [-0.3, -0.25) is 10.1 Å². The van der Waals surface area contributed by atoms with Crippen molar-refractivity contribution >= 4 is 22.4 Å². The van der Waals surface area contributed by atoms with Gasteiger partial charge in [0.15, 0.2) is 28.3 Å². The van der Waals surface area contributed by atoms with E-state index in [0.29, 0.717) is 27.9 Å². The number of rotatable bonds is 6. The summed E-state index contributed by atoms with van der Waals surface area (Å²) in [6.45, 7) is 0. The topological polar surface area (TPSA) is 69.7 Å². The molecule has 146 valence electrons. The van der Waals surface area contributed by atoms with E-state index in [0.717, 1.165) is 23.5 Å². The molecule has 6 nitrogen and oxygen atoms in total. The van der Waals surface area contributed by atoms with Crippen LogP contribution < -0.4 is 19.5 Å². The Bertz CT molecular complexity index is 1020. The number of aromatic nitrogens is 1. The Balaban J connectivity index is 1.86. The number of carbonyl (C=O) groups excluding carboxylic acids is 1. The summed E-state index contributed by atoms with van der Waals surface area (Å²) in [7, 11) is 4.34. The van der Waals surface area contributed by atoms with E-state index >= 15 is 0 Å². The number of thiazole rings is 1. The summed E-state index contributed by atoms with van der Waals surface area (Å²) >= 11 is 1.15. The highest BCUT2D eigenvalue weighted by Crippen LogP contribution is 2.40. The summed E-state index contributed by atoms with van der Waals surface area (Å²) in [5, 5.41) is 4.59. The Labute approximate surface area is 163 Å². The highest BCUT2D eigenvalue weighted by Gasteiger charge is 2.21. The Morgan fingerprint density at radius 1 is 1.00 bits per heavy atom. The van der Waals surface area contributed by atoms with E-state index in [-0.39, 0.29) is 11.3 Å². The zero-order valence-corrected chi connectivity index (χ0v) is 16.0. The maximum Gasteiger partial charge on any atom is 0.261 e. The number of methoxy groups -OCH3 is 3. The molecular formula is C19H16F2N2O4S. The molecule has 0 aliphatic rings. The third-order valence-electron chi connectivity index (χ3n) is 3.89. The molecule has 2 aromatic carbocycles. The third kappa shape index (κ3) is 3.74. The van der Waals surface area contributed by atoms with Gasteiger partial charge in [-0.25, -0.2) is 13.8 Å². The third-order valence-corrected chi connectivity index (χ3v) is 4.65. The molecule has 0 aliphatic heterocycles. The van der Waals surface area contributed by atoms with Crippen LogP contribution in [0.4, 0.5) is 13.9 Å². The number of hydrogen-bond donors (Lipinski definition) is 1. The number of benzene rings is 2. The van der Waals surface area contributed by atoms with Crippen LogP contribution in [0.1, 0.15) is 10.4 Å². The van der Waals surface area contributed by atoms with Crippen molar-refractivity contribution in [2.45, 2.75) is 0 Å². The lowest BCUT2D eigenvalue weighted by atomic mass is 10.1. The molecule has 0 radical (unpaired) electrons. The van der Waals surface area contributed by atoms with Crippen molar-refractivity contribution in [1.82, 2.24) is 4.98 Å². The highest BCUT2D eigenvalue weighted by molar-refractivity contribution is 7.14. The van der Waals surface area contributed by atoms with Crippen LogP contribution in [0, 0.1) is 11.6 Å². The normalized spacial score (nSPS) is 10.5. The molecule has 3 aromatic rings. The van der Waals surface area contributed by atoms with E-state index in [1.807, 2.05) is 0 Å². The van der Waals surface area contributed by atoms with Crippen molar-refractivity contribution < 1.29 is 27.8 Å². The minimum Gasteiger partial charge on any atom is -0.493 e. The largest absolute Gasteiger partial charge is 0.493 e. The minimum absolute atomic E-state index is 0.219. The zero-order valence-electron chi connectivity index (χ0n) is 15.2. The molecule has 28 heavy (non-hydrogen) atoms. The second-order valence-corrected chi connectivity index (χ2v) is 6.36. The van der Waals surface area contributed by atoms with Crippen LogP contribution in [0.15, 0.2) is 35.7 Å². The first-order chi connectivity index (χ1) is 13.5. The smallest absolute Gasteiger partial charge is 0.261 e. The number of ether oxygens (including phenoxy) is 3. The van der Waals surface area contributed by atoms with Crippen molar-refractivity contribution in [2.75, 3.05) is 26.6 Å². The van der Waals surface area contributed by atoms with Gasteiger partial charge in [0, 0.05) is 10.9 Å². The maximum absolute atomic E-state index is 13.4. The molecule has 0 fully saturated rings. The van der Waals surface area contributed by atoms with Gasteiger partial charge >= 0.3 is 0 Å². The Kier molecular flexibility index (Phi) is 5.74. The molecule has 3 rings (SSSR count). The van der Waals surface area contributed by atoms with Gasteiger partial charge in [-0.15, -0.1) is 11.3 Å². The summed E-state index contributed by atoms with van der Waals surface area (Å²) in [4.78, 5) is 16.9. The number of amides is 1. The van der Waals surface area contributed by atoms with Gasteiger partial charge in [-0.1, -0.05) is 0 Å². The van der Waals surface area contributed by atoms with Crippen LogP contribution in [0.5, 0.6) is 17.2 Å². The predicted octanol–water partition coefficient (Wildman–Crippen LogP) is 4.37. The average molecular weight is 406 g/mol. The quantitative estimate of drug-likeness (QED) is 0.659. The van der Waals surface area contributed by atoms with Gasteiger partial charge in [-0.2, -0.15) is 0 Å². The molecule has 0 unspecified atom stereocenters. The lowest BCUT2D eigenvalue weighted by molar-refractivity contribution is 0.102. The van der Waals surface area contributed by atoms with Crippen LogP contribution in [-0.4, -0.2) is 32.2 Å². The van der Waals surface area contributed by atoms with Crippen molar-refractivity contribution in [1.29, 1.82) is 0 Å². The fraction of sp³-hybridized carbons (Fsp3) is 0.158. The molecule has 0 atom stereocenters. The first kappa shape index (κ1) is 19.6. The Hall–Kier alpha value is -3.20. The number of nitrogens with one attached hydrogen (secondary N) is 1. The standard InChI is InChI=1S/C19H16F2N2O4S/c1-25-15-7-5-11(16(26-2)17(15)27-3)18(24)23-19-22-14(9-28-19)10-4-6-12(20)13(21)8-10/h4-9H,1-3H3,(H,22,23,24). The van der Waals surface area contributed by atoms with Crippen molar-refractivity contribution in [3.8, 4) is 28.5 Å². The van der Waals surface area contributed by atoms with Crippen molar-refractivity contribution in [2.24, 2.45) is 0 Å². The molecule has 0 saturated heterocycles. The van der Waals surface area contributed by atoms with Crippen LogP contribution in [0.25, 0.3) is 11.3 Å². The number of hydrogen-bond acceptors (Lipinski definition) is 6. The number of carbonyl (C=O) groups is 1. The molecule has 1 N–H and O–H groups in total. The van der Waals surface area contributed by atoms with Crippen LogP contribution in [0.3, 0.4) is 0 Å². The van der Waals surface area contributed by atoms with E-state index in [1.54, 1.807) is 17.5 Å². The minimum atomic E-state index is -0.967. The van der Waals surface area contributed by atoms with Gasteiger partial charge in [0.1, 0.15) is 0 Å². The summed E-state index contributed by atoms with van der Waals surface area (Å²) in [5.74, 6) is -1.44. The lowest BCUT2D eigenvalue weighted by Crippen LogP contribution is -2.13. The van der Waals surface area contributed by atoms with Crippen molar-refractivity contribution in [3.63, 3.8) is 0 Å². The van der Waals surface area contributed by atoms with Gasteiger partial charge in [0.25, 0.3) is 5.91 Å². The van der Waals surface area contributed by atoms with E-state index in [2.05, 4.69) is 10.3 Å². The maximum atomic E-state index is 13.4. The molecule has 9 heteroatoms. The number of halogens is 2. The lowest BCUT2D eigenvalue weighted by Gasteiger charge is -2.15. The summed E-state index contributed by atoms with van der Waals surface area (Å²) in [6, 6.07) is 6.62. The fourth-order valence-corrected chi connectivity index (χ4v) is 3.28. The fourth-order valence-electron chi connectivity index (χ4n) is 2.56. The second-order valence-electron chi connectivity index (χ2n) is 5.50. The van der Waals surface area contributed by atoms with E-state index in [1.165, 1.54) is 27.4 Å². The van der Waals surface area contributed by atoms with Gasteiger partial charge in [0.05, 0.1) is 32.6 Å². The monoisotopic (exact) mass is 406 g/mol. The molecule has 0 saturated carbocycles. The molecule has 1 amide bonds.